The van der Waals surface area contributed by atoms with Crippen LogP contribution < -0.4 is 10.6 Å². The van der Waals surface area contributed by atoms with Gasteiger partial charge in [-0.3, -0.25) is 14.4 Å². The number of rotatable bonds is 9. The van der Waals surface area contributed by atoms with Gasteiger partial charge in [-0.1, -0.05) is 26.2 Å². The normalized spacial score (nSPS) is 22.6. The van der Waals surface area contributed by atoms with E-state index in [1.165, 1.54) is 6.42 Å². The molecule has 2 amide bonds. The number of amides is 2. The van der Waals surface area contributed by atoms with Gasteiger partial charge < -0.3 is 20.3 Å². The first-order valence-corrected chi connectivity index (χ1v) is 15.0. The van der Waals surface area contributed by atoms with E-state index in [0.29, 0.717) is 36.4 Å². The number of alkyl halides is 3. The number of carbonyl (C=O) groups excluding carboxylic acids is 2. The molecule has 10 heteroatoms. The molecule has 1 aromatic heterocycles. The molecular formula is C32H40F3N3O4. The van der Waals surface area contributed by atoms with Crippen molar-refractivity contribution in [3.8, 4) is 11.3 Å². The van der Waals surface area contributed by atoms with Crippen molar-refractivity contribution in [2.45, 2.75) is 109 Å². The van der Waals surface area contributed by atoms with Crippen LogP contribution in [0.15, 0.2) is 24.3 Å². The number of carboxylic acid groups (broad SMARTS) is 1. The lowest BCUT2D eigenvalue weighted by atomic mass is 9.80. The van der Waals surface area contributed by atoms with E-state index in [1.807, 2.05) is 19.1 Å². The van der Waals surface area contributed by atoms with E-state index >= 15 is 0 Å². The highest BCUT2D eigenvalue weighted by Crippen LogP contribution is 2.49. The number of benzene rings is 1. The highest BCUT2D eigenvalue weighted by molar-refractivity contribution is 5.98. The van der Waals surface area contributed by atoms with Gasteiger partial charge in [0.15, 0.2) is 0 Å². The molecule has 2 aromatic rings. The minimum atomic E-state index is -4.56. The second-order valence-electron chi connectivity index (χ2n) is 12.9. The molecule has 3 N–H and O–H groups in total. The van der Waals surface area contributed by atoms with E-state index in [9.17, 15) is 32.7 Å². The SMILES string of the molecule is Cc1c(C(=O)NC2CC(C(=O)O)C2)cc(-c2cc(C(=O)NC(C)C(F)(F)F)cc(C3(C)CC3)c2)n1CC1CCCCC1. The summed E-state index contributed by atoms with van der Waals surface area (Å²) in [6.07, 6.45) is 3.74. The summed E-state index contributed by atoms with van der Waals surface area (Å²) in [6.45, 7) is 5.61. The molecule has 0 spiro atoms. The lowest BCUT2D eigenvalue weighted by Gasteiger charge is -2.32. The lowest BCUT2D eigenvalue weighted by molar-refractivity contribution is -0.149. The molecule has 3 fully saturated rings. The molecule has 0 radical (unpaired) electrons. The summed E-state index contributed by atoms with van der Waals surface area (Å²) in [5.41, 5.74) is 3.62. The first-order valence-electron chi connectivity index (χ1n) is 15.0. The van der Waals surface area contributed by atoms with Gasteiger partial charge in [-0.25, -0.2) is 0 Å². The third-order valence-electron chi connectivity index (χ3n) is 9.63. The average Bonchev–Trinajstić information content (AvgIpc) is 3.59. The fourth-order valence-electron chi connectivity index (χ4n) is 6.27. The summed E-state index contributed by atoms with van der Waals surface area (Å²) >= 11 is 0. The van der Waals surface area contributed by atoms with Gasteiger partial charge in [-0.15, -0.1) is 0 Å². The molecular weight excluding hydrogens is 547 g/mol. The van der Waals surface area contributed by atoms with Crippen LogP contribution in [0.25, 0.3) is 11.3 Å². The number of carboxylic acids is 1. The molecule has 7 nitrogen and oxygen atoms in total. The first-order chi connectivity index (χ1) is 19.7. The van der Waals surface area contributed by atoms with Crippen molar-refractivity contribution < 1.29 is 32.7 Å². The van der Waals surface area contributed by atoms with Crippen LogP contribution in [-0.4, -0.2) is 45.7 Å². The van der Waals surface area contributed by atoms with Gasteiger partial charge in [0.25, 0.3) is 11.8 Å². The molecule has 3 aliphatic carbocycles. The van der Waals surface area contributed by atoms with Gasteiger partial charge in [0.05, 0.1) is 11.5 Å². The molecule has 1 heterocycles. The Morgan fingerprint density at radius 2 is 1.71 bits per heavy atom. The first kappa shape index (κ1) is 30.2. The number of carbonyl (C=O) groups is 3. The van der Waals surface area contributed by atoms with Crippen molar-refractivity contribution in [3.05, 3.63) is 46.6 Å². The Balaban J connectivity index is 1.52. The third-order valence-corrected chi connectivity index (χ3v) is 9.63. The molecule has 0 bridgehead atoms. The number of aromatic nitrogens is 1. The molecule has 0 aliphatic heterocycles. The van der Waals surface area contributed by atoms with Gasteiger partial charge in [-0.05, 0) is 99.1 Å². The number of hydrogen-bond acceptors (Lipinski definition) is 3. The van der Waals surface area contributed by atoms with E-state index in [0.717, 1.165) is 62.4 Å². The van der Waals surface area contributed by atoms with Gasteiger partial charge in [0.1, 0.15) is 6.04 Å². The smallest absolute Gasteiger partial charge is 0.408 e. The molecule has 3 saturated carbocycles. The Morgan fingerprint density at radius 3 is 2.31 bits per heavy atom. The van der Waals surface area contributed by atoms with Crippen LogP contribution in [-0.2, 0) is 16.8 Å². The molecule has 1 unspecified atom stereocenters. The maximum atomic E-state index is 13.4. The third kappa shape index (κ3) is 6.37. The largest absolute Gasteiger partial charge is 0.481 e. The zero-order chi connectivity index (χ0) is 30.4. The molecule has 5 rings (SSSR count). The van der Waals surface area contributed by atoms with Crippen molar-refractivity contribution in [3.63, 3.8) is 0 Å². The Labute approximate surface area is 244 Å². The maximum absolute atomic E-state index is 13.4. The van der Waals surface area contributed by atoms with Crippen LogP contribution >= 0.6 is 0 Å². The molecule has 3 aliphatic rings. The van der Waals surface area contributed by atoms with Crippen molar-refractivity contribution in [1.29, 1.82) is 0 Å². The van der Waals surface area contributed by atoms with Gasteiger partial charge >= 0.3 is 12.1 Å². The zero-order valence-corrected chi connectivity index (χ0v) is 24.4. The molecule has 228 valence electrons. The Morgan fingerprint density at radius 1 is 1.05 bits per heavy atom. The van der Waals surface area contributed by atoms with Gasteiger partial charge in [0.2, 0.25) is 0 Å². The summed E-state index contributed by atoms with van der Waals surface area (Å²) in [6, 6.07) is 4.95. The van der Waals surface area contributed by atoms with Crippen LogP contribution in [0.1, 0.15) is 104 Å². The fraction of sp³-hybridized carbons (Fsp3) is 0.594. The van der Waals surface area contributed by atoms with Crippen LogP contribution in [0.2, 0.25) is 0 Å². The Hall–Kier alpha value is -3.30. The van der Waals surface area contributed by atoms with Crippen LogP contribution in [0, 0.1) is 18.8 Å². The average molecular weight is 588 g/mol. The monoisotopic (exact) mass is 587 g/mol. The number of hydrogen-bond donors (Lipinski definition) is 3. The minimum absolute atomic E-state index is 0.151. The summed E-state index contributed by atoms with van der Waals surface area (Å²) in [7, 11) is 0. The van der Waals surface area contributed by atoms with E-state index in [1.54, 1.807) is 12.1 Å². The van der Waals surface area contributed by atoms with Crippen molar-refractivity contribution in [2.75, 3.05) is 0 Å². The summed E-state index contributed by atoms with van der Waals surface area (Å²) < 4.78 is 41.9. The van der Waals surface area contributed by atoms with Crippen molar-refractivity contribution in [1.82, 2.24) is 15.2 Å². The second-order valence-corrected chi connectivity index (χ2v) is 12.9. The van der Waals surface area contributed by atoms with Crippen molar-refractivity contribution >= 4 is 17.8 Å². The Bertz CT molecular complexity index is 1370. The molecule has 42 heavy (non-hydrogen) atoms. The topological polar surface area (TPSA) is 100 Å². The van der Waals surface area contributed by atoms with E-state index in [-0.39, 0.29) is 22.9 Å². The fourth-order valence-corrected chi connectivity index (χ4v) is 6.27. The van der Waals surface area contributed by atoms with Crippen molar-refractivity contribution in [2.24, 2.45) is 11.8 Å². The van der Waals surface area contributed by atoms with Crippen LogP contribution in [0.3, 0.4) is 0 Å². The summed E-state index contributed by atoms with van der Waals surface area (Å²) in [4.78, 5) is 37.7. The van der Waals surface area contributed by atoms with E-state index in [2.05, 4.69) is 22.1 Å². The van der Waals surface area contributed by atoms with Crippen LogP contribution in [0.4, 0.5) is 13.2 Å². The predicted octanol–water partition coefficient (Wildman–Crippen LogP) is 6.37. The minimum Gasteiger partial charge on any atom is -0.481 e. The van der Waals surface area contributed by atoms with Gasteiger partial charge in [-0.2, -0.15) is 13.2 Å². The summed E-state index contributed by atoms with van der Waals surface area (Å²) in [5.74, 6) is -1.93. The summed E-state index contributed by atoms with van der Waals surface area (Å²) in [5, 5.41) is 14.3. The maximum Gasteiger partial charge on any atom is 0.408 e. The number of nitrogens with one attached hydrogen (secondary N) is 2. The van der Waals surface area contributed by atoms with E-state index < -0.39 is 30.0 Å². The quantitative estimate of drug-likeness (QED) is 0.318. The van der Waals surface area contributed by atoms with E-state index in [4.69, 9.17) is 0 Å². The predicted molar refractivity (Wildman–Crippen MR) is 152 cm³/mol. The highest BCUT2D eigenvalue weighted by Gasteiger charge is 2.41. The number of halogens is 3. The second kappa shape index (κ2) is 11.4. The Kier molecular flexibility index (Phi) is 8.20. The standard InChI is InChI=1S/C32H40F3N3O4/c1-18-26(29(40)37-25-14-23(15-25)30(41)42)16-27(38(18)17-20-7-5-4-6-8-20)21-11-22(13-24(12-21)31(3)9-10-31)28(39)36-19(2)32(33,34)35/h11-13,16,19-20,23,25H,4-10,14-15,17H2,1-3H3,(H,36,39)(H,37,40)(H,41,42). The highest BCUT2D eigenvalue weighted by atomic mass is 19.4. The number of nitrogens with zero attached hydrogens (tertiary/aromatic N) is 1. The number of aliphatic carboxylic acids is 1. The molecule has 1 aromatic carbocycles. The van der Waals surface area contributed by atoms with Gasteiger partial charge in [0, 0.05) is 29.5 Å². The lowest BCUT2D eigenvalue weighted by Crippen LogP contribution is -2.46. The van der Waals surface area contributed by atoms with Crippen LogP contribution in [0.5, 0.6) is 0 Å². The molecule has 1 atom stereocenters. The zero-order valence-electron chi connectivity index (χ0n) is 24.4. The molecule has 0 saturated heterocycles.